The summed E-state index contributed by atoms with van der Waals surface area (Å²) < 4.78 is 0. The van der Waals surface area contributed by atoms with Crippen molar-refractivity contribution in [3.63, 3.8) is 0 Å². The zero-order valence-corrected chi connectivity index (χ0v) is 17.2. The highest BCUT2D eigenvalue weighted by molar-refractivity contribution is 5.84. The van der Waals surface area contributed by atoms with Crippen molar-refractivity contribution in [2.24, 2.45) is 11.3 Å². The molecule has 4 rings (SSSR count). The normalized spacial score (nSPS) is 19.1. The molecule has 1 amide bonds. The van der Waals surface area contributed by atoms with Crippen LogP contribution >= 0.6 is 0 Å². The molecule has 0 atom stereocenters. The number of nitrogens with zero attached hydrogens (tertiary/aromatic N) is 4. The summed E-state index contributed by atoms with van der Waals surface area (Å²) in [6.07, 6.45) is 6.08. The topological polar surface area (TPSA) is 49.3 Å². The molecule has 0 radical (unpaired) electrons. The fourth-order valence-corrected chi connectivity index (χ4v) is 4.79. The van der Waals surface area contributed by atoms with E-state index in [-0.39, 0.29) is 5.41 Å². The summed E-state index contributed by atoms with van der Waals surface area (Å²) in [5, 5.41) is 0. The zero-order chi connectivity index (χ0) is 19.7. The summed E-state index contributed by atoms with van der Waals surface area (Å²) in [7, 11) is 0. The van der Waals surface area contributed by atoms with Crippen LogP contribution in [0.2, 0.25) is 0 Å². The molecule has 0 N–H and O–H groups in total. The molecular formula is C23H30N4O. The standard InChI is InChI=1S/C23H30N4O/c1-17(2)14-27-15-20-7-5-4-6-19(20)12-23(22(27)28)8-10-26(11-9-23)21-18(3)13-24-16-25-21/h4-7,13,16-17H,8-12,14-15H2,1-3H3. The Kier molecular flexibility index (Phi) is 5.09. The molecule has 0 unspecified atom stereocenters. The number of hydrogen-bond acceptors (Lipinski definition) is 4. The smallest absolute Gasteiger partial charge is 0.229 e. The molecule has 0 saturated carbocycles. The van der Waals surface area contributed by atoms with E-state index < -0.39 is 0 Å². The lowest BCUT2D eigenvalue weighted by Gasteiger charge is -2.43. The van der Waals surface area contributed by atoms with Crippen LogP contribution in [0.1, 0.15) is 43.4 Å². The van der Waals surface area contributed by atoms with Crippen molar-refractivity contribution >= 4 is 11.7 Å². The third-order valence-electron chi connectivity index (χ3n) is 6.22. The summed E-state index contributed by atoms with van der Waals surface area (Å²) in [5.74, 6) is 1.82. The van der Waals surface area contributed by atoms with Gasteiger partial charge in [0.05, 0.1) is 5.41 Å². The molecule has 3 heterocycles. The minimum absolute atomic E-state index is 0.293. The lowest BCUT2D eigenvalue weighted by Crippen LogP contribution is -2.51. The molecule has 0 bridgehead atoms. The molecule has 148 valence electrons. The molecule has 2 aliphatic heterocycles. The highest BCUT2D eigenvalue weighted by atomic mass is 16.2. The Morgan fingerprint density at radius 2 is 1.86 bits per heavy atom. The van der Waals surface area contributed by atoms with Gasteiger partial charge in [0.2, 0.25) is 5.91 Å². The highest BCUT2D eigenvalue weighted by Crippen LogP contribution is 2.41. The molecule has 1 aromatic heterocycles. The van der Waals surface area contributed by atoms with Gasteiger partial charge in [0.1, 0.15) is 12.1 Å². The number of fused-ring (bicyclic) bond motifs is 1. The largest absolute Gasteiger partial charge is 0.356 e. The van der Waals surface area contributed by atoms with Crippen LogP contribution in [-0.2, 0) is 17.8 Å². The van der Waals surface area contributed by atoms with E-state index in [1.165, 1.54) is 11.1 Å². The van der Waals surface area contributed by atoms with Crippen LogP contribution in [0, 0.1) is 18.3 Å². The molecule has 5 nitrogen and oxygen atoms in total. The average molecular weight is 379 g/mol. The van der Waals surface area contributed by atoms with Crippen LogP contribution in [0.25, 0.3) is 0 Å². The number of aryl methyl sites for hydroxylation is 1. The number of benzene rings is 1. The summed E-state index contributed by atoms with van der Waals surface area (Å²) in [4.78, 5) is 26.7. The predicted molar refractivity (Wildman–Crippen MR) is 111 cm³/mol. The van der Waals surface area contributed by atoms with Crippen molar-refractivity contribution in [3.05, 3.63) is 53.5 Å². The summed E-state index contributed by atoms with van der Waals surface area (Å²) >= 11 is 0. The van der Waals surface area contributed by atoms with E-state index in [1.807, 2.05) is 6.20 Å². The Hall–Kier alpha value is -2.43. The molecule has 2 aromatic rings. The van der Waals surface area contributed by atoms with Gasteiger partial charge in [-0.15, -0.1) is 0 Å². The van der Waals surface area contributed by atoms with Crippen molar-refractivity contribution < 1.29 is 4.79 Å². The van der Waals surface area contributed by atoms with Crippen molar-refractivity contribution in [2.75, 3.05) is 24.5 Å². The van der Waals surface area contributed by atoms with E-state index in [4.69, 9.17) is 0 Å². The SMILES string of the molecule is Cc1cncnc1N1CCC2(CC1)Cc1ccccc1CN(CC(C)C)C2=O. The van der Waals surface area contributed by atoms with Gasteiger partial charge in [-0.25, -0.2) is 9.97 Å². The van der Waals surface area contributed by atoms with Gasteiger partial charge in [-0.05, 0) is 43.2 Å². The van der Waals surface area contributed by atoms with Crippen LogP contribution < -0.4 is 4.90 Å². The number of hydrogen-bond donors (Lipinski definition) is 0. The van der Waals surface area contributed by atoms with Gasteiger partial charge in [0.25, 0.3) is 0 Å². The van der Waals surface area contributed by atoms with Gasteiger partial charge in [-0.3, -0.25) is 4.79 Å². The van der Waals surface area contributed by atoms with Gasteiger partial charge >= 0.3 is 0 Å². The zero-order valence-electron chi connectivity index (χ0n) is 17.2. The molecule has 1 aromatic carbocycles. The van der Waals surface area contributed by atoms with Crippen molar-refractivity contribution in [1.29, 1.82) is 0 Å². The number of anilines is 1. The number of amides is 1. The van der Waals surface area contributed by atoms with Gasteiger partial charge in [0, 0.05) is 37.9 Å². The number of carbonyl (C=O) groups is 1. The fraction of sp³-hybridized carbons (Fsp3) is 0.522. The quantitative estimate of drug-likeness (QED) is 0.819. The predicted octanol–water partition coefficient (Wildman–Crippen LogP) is 3.61. The summed E-state index contributed by atoms with van der Waals surface area (Å²) in [6.45, 7) is 9.72. The first kappa shape index (κ1) is 18.9. The third-order valence-corrected chi connectivity index (χ3v) is 6.22. The molecular weight excluding hydrogens is 348 g/mol. The molecule has 5 heteroatoms. The maximum absolute atomic E-state index is 13.7. The number of aromatic nitrogens is 2. The number of piperidine rings is 1. The number of carbonyl (C=O) groups excluding carboxylic acids is 1. The molecule has 28 heavy (non-hydrogen) atoms. The van der Waals surface area contributed by atoms with E-state index in [1.54, 1.807) is 6.33 Å². The lowest BCUT2D eigenvalue weighted by atomic mass is 9.72. The molecule has 1 spiro atoms. The van der Waals surface area contributed by atoms with Crippen LogP contribution in [0.3, 0.4) is 0 Å². The van der Waals surface area contributed by atoms with Crippen molar-refractivity contribution in [1.82, 2.24) is 14.9 Å². The Bertz CT molecular complexity index is 855. The van der Waals surface area contributed by atoms with Gasteiger partial charge in [-0.1, -0.05) is 38.1 Å². The van der Waals surface area contributed by atoms with E-state index in [9.17, 15) is 4.79 Å². The molecule has 1 fully saturated rings. The first-order valence-corrected chi connectivity index (χ1v) is 10.4. The van der Waals surface area contributed by atoms with Crippen LogP contribution in [-0.4, -0.2) is 40.4 Å². The average Bonchev–Trinajstić information content (AvgIpc) is 2.79. The van der Waals surface area contributed by atoms with Crippen molar-refractivity contribution in [2.45, 2.75) is 46.6 Å². The highest BCUT2D eigenvalue weighted by Gasteiger charge is 2.46. The summed E-state index contributed by atoms with van der Waals surface area (Å²) in [5.41, 5.74) is 3.45. The second kappa shape index (κ2) is 7.53. The van der Waals surface area contributed by atoms with E-state index in [0.717, 1.165) is 56.8 Å². The lowest BCUT2D eigenvalue weighted by molar-refractivity contribution is -0.144. The first-order valence-electron chi connectivity index (χ1n) is 10.4. The van der Waals surface area contributed by atoms with Crippen LogP contribution in [0.4, 0.5) is 5.82 Å². The van der Waals surface area contributed by atoms with Gasteiger partial charge in [-0.2, -0.15) is 0 Å². The monoisotopic (exact) mass is 378 g/mol. The van der Waals surface area contributed by atoms with Gasteiger partial charge in [0.15, 0.2) is 0 Å². The van der Waals surface area contributed by atoms with E-state index in [0.29, 0.717) is 11.8 Å². The fourth-order valence-electron chi connectivity index (χ4n) is 4.79. The summed E-state index contributed by atoms with van der Waals surface area (Å²) in [6, 6.07) is 8.60. The Balaban J connectivity index is 1.62. The van der Waals surface area contributed by atoms with Gasteiger partial charge < -0.3 is 9.80 Å². The minimum atomic E-state index is -0.293. The molecule has 2 aliphatic rings. The molecule has 1 saturated heterocycles. The Morgan fingerprint density at radius 1 is 1.14 bits per heavy atom. The van der Waals surface area contributed by atoms with E-state index >= 15 is 0 Å². The Morgan fingerprint density at radius 3 is 2.54 bits per heavy atom. The van der Waals surface area contributed by atoms with Crippen LogP contribution in [0.5, 0.6) is 0 Å². The molecule has 0 aliphatic carbocycles. The second-order valence-electron chi connectivity index (χ2n) is 8.82. The van der Waals surface area contributed by atoms with Crippen LogP contribution in [0.15, 0.2) is 36.8 Å². The Labute approximate surface area is 167 Å². The minimum Gasteiger partial charge on any atom is -0.356 e. The van der Waals surface area contributed by atoms with Crippen molar-refractivity contribution in [3.8, 4) is 0 Å². The third kappa shape index (κ3) is 3.50. The van der Waals surface area contributed by atoms with E-state index in [2.05, 4.69) is 64.8 Å². The maximum Gasteiger partial charge on any atom is 0.229 e. The maximum atomic E-state index is 13.7. The second-order valence-corrected chi connectivity index (χ2v) is 8.82. The first-order chi connectivity index (χ1) is 13.5. The number of rotatable bonds is 3.